The molecule has 1 saturated carbocycles. The number of rotatable bonds is 3. The maximum atomic E-state index is 11.6. The van der Waals surface area contributed by atoms with E-state index >= 15 is 0 Å². The summed E-state index contributed by atoms with van der Waals surface area (Å²) in [6, 6.07) is 0. The summed E-state index contributed by atoms with van der Waals surface area (Å²) in [5.41, 5.74) is 1.70. The molecule has 2 nitrogen and oxygen atoms in total. The third-order valence-electron chi connectivity index (χ3n) is 3.13. The van der Waals surface area contributed by atoms with Crippen LogP contribution in [0.2, 0.25) is 0 Å². The second-order valence-electron chi connectivity index (χ2n) is 4.03. The van der Waals surface area contributed by atoms with Crippen molar-refractivity contribution in [2.45, 2.75) is 33.1 Å². The molecule has 2 heteroatoms. The average molecular weight is 178 g/mol. The molecule has 13 heavy (non-hydrogen) atoms. The molecule has 70 valence electrons. The Labute approximate surface area is 78.0 Å². The fourth-order valence-electron chi connectivity index (χ4n) is 2.32. The molecule has 0 heterocycles. The van der Waals surface area contributed by atoms with Crippen LogP contribution >= 0.6 is 0 Å². The Morgan fingerprint density at radius 3 is 2.69 bits per heavy atom. The minimum atomic E-state index is 0.101. The molecule has 2 aliphatic rings. The molecular formula is C11H14O2. The first-order valence-corrected chi connectivity index (χ1v) is 4.92. The molecule has 0 N–H and O–H groups in total. The standard InChI is InChI=1S/C11H14O2/c1-3-10(13)11-8(6(2)12)4-7-5-9(7)11/h7,9H,3-5H2,1-2H3. The molecule has 2 aliphatic carbocycles. The fourth-order valence-corrected chi connectivity index (χ4v) is 2.32. The zero-order valence-corrected chi connectivity index (χ0v) is 8.09. The van der Waals surface area contributed by atoms with Crippen LogP contribution in [0.25, 0.3) is 0 Å². The first-order valence-electron chi connectivity index (χ1n) is 4.92. The largest absolute Gasteiger partial charge is 0.295 e. The summed E-state index contributed by atoms with van der Waals surface area (Å²) in [5, 5.41) is 0. The van der Waals surface area contributed by atoms with Crippen molar-refractivity contribution in [1.82, 2.24) is 0 Å². The number of ketones is 2. The molecule has 2 unspecified atom stereocenters. The van der Waals surface area contributed by atoms with E-state index in [0.717, 1.165) is 24.0 Å². The normalized spacial score (nSPS) is 30.3. The second kappa shape index (κ2) is 2.79. The first-order chi connectivity index (χ1) is 6.15. The number of hydrogen-bond donors (Lipinski definition) is 0. The summed E-state index contributed by atoms with van der Waals surface area (Å²) in [4.78, 5) is 22.8. The van der Waals surface area contributed by atoms with E-state index in [4.69, 9.17) is 0 Å². The van der Waals surface area contributed by atoms with E-state index in [0.29, 0.717) is 18.3 Å². The number of hydrogen-bond acceptors (Lipinski definition) is 2. The van der Waals surface area contributed by atoms with Crippen LogP contribution in [0, 0.1) is 11.8 Å². The predicted octanol–water partition coefficient (Wildman–Crippen LogP) is 1.89. The number of carbonyl (C=O) groups excluding carboxylic acids is 2. The van der Waals surface area contributed by atoms with E-state index in [1.54, 1.807) is 6.92 Å². The van der Waals surface area contributed by atoms with Gasteiger partial charge in [-0.2, -0.15) is 0 Å². The van der Waals surface area contributed by atoms with Gasteiger partial charge in [0.2, 0.25) is 0 Å². The van der Waals surface area contributed by atoms with E-state index in [1.165, 1.54) is 0 Å². The quantitative estimate of drug-likeness (QED) is 0.661. The third kappa shape index (κ3) is 1.25. The first kappa shape index (κ1) is 8.67. The van der Waals surface area contributed by atoms with Crippen LogP contribution < -0.4 is 0 Å². The zero-order valence-electron chi connectivity index (χ0n) is 8.09. The molecule has 0 amide bonds. The Morgan fingerprint density at radius 2 is 2.15 bits per heavy atom. The molecular weight excluding hydrogens is 164 g/mol. The van der Waals surface area contributed by atoms with Crippen molar-refractivity contribution in [3.8, 4) is 0 Å². The van der Waals surface area contributed by atoms with Crippen LogP contribution in [0.15, 0.2) is 11.1 Å². The lowest BCUT2D eigenvalue weighted by Crippen LogP contribution is -2.07. The number of allylic oxidation sites excluding steroid dienone is 2. The molecule has 0 aliphatic heterocycles. The highest BCUT2D eigenvalue weighted by atomic mass is 16.1. The number of carbonyl (C=O) groups is 2. The lowest BCUT2D eigenvalue weighted by atomic mass is 9.98. The van der Waals surface area contributed by atoms with Crippen LogP contribution in [-0.4, -0.2) is 11.6 Å². The Hall–Kier alpha value is -0.920. The van der Waals surface area contributed by atoms with Crippen molar-refractivity contribution < 1.29 is 9.59 Å². The van der Waals surface area contributed by atoms with Crippen molar-refractivity contribution in [3.63, 3.8) is 0 Å². The molecule has 0 radical (unpaired) electrons. The summed E-state index contributed by atoms with van der Waals surface area (Å²) < 4.78 is 0. The van der Waals surface area contributed by atoms with Crippen molar-refractivity contribution in [3.05, 3.63) is 11.1 Å². The Balaban J connectivity index is 2.33. The SMILES string of the molecule is CCC(=O)C1=C(C(C)=O)CC2CC12. The molecule has 0 aromatic rings. The van der Waals surface area contributed by atoms with Gasteiger partial charge in [-0.25, -0.2) is 0 Å². The van der Waals surface area contributed by atoms with E-state index < -0.39 is 0 Å². The third-order valence-corrected chi connectivity index (χ3v) is 3.13. The molecule has 0 saturated heterocycles. The predicted molar refractivity (Wildman–Crippen MR) is 49.2 cm³/mol. The minimum Gasteiger partial charge on any atom is -0.295 e. The maximum Gasteiger partial charge on any atom is 0.159 e. The smallest absolute Gasteiger partial charge is 0.159 e. The van der Waals surface area contributed by atoms with E-state index in [1.807, 2.05) is 6.92 Å². The average Bonchev–Trinajstić information content (AvgIpc) is 2.76. The maximum absolute atomic E-state index is 11.6. The minimum absolute atomic E-state index is 0.101. The Bertz CT molecular complexity index is 312. The van der Waals surface area contributed by atoms with Gasteiger partial charge >= 0.3 is 0 Å². The van der Waals surface area contributed by atoms with Gasteiger partial charge in [0, 0.05) is 17.6 Å². The number of fused-ring (bicyclic) bond motifs is 1. The highest BCUT2D eigenvalue weighted by molar-refractivity contribution is 6.07. The number of Topliss-reactive ketones (excluding diaryl/α,β-unsaturated/α-hetero) is 2. The summed E-state index contributed by atoms with van der Waals surface area (Å²) >= 11 is 0. The van der Waals surface area contributed by atoms with Crippen LogP contribution in [0.4, 0.5) is 0 Å². The van der Waals surface area contributed by atoms with E-state index in [-0.39, 0.29) is 11.6 Å². The second-order valence-corrected chi connectivity index (χ2v) is 4.03. The summed E-state index contributed by atoms with van der Waals surface area (Å²) in [6.07, 6.45) is 2.54. The van der Waals surface area contributed by atoms with Gasteiger partial charge in [0.15, 0.2) is 11.6 Å². The lowest BCUT2D eigenvalue weighted by Gasteiger charge is -2.04. The fraction of sp³-hybridized carbons (Fsp3) is 0.636. The molecule has 0 spiro atoms. The highest BCUT2D eigenvalue weighted by Gasteiger charge is 2.49. The van der Waals surface area contributed by atoms with Crippen molar-refractivity contribution in [2.24, 2.45) is 11.8 Å². The van der Waals surface area contributed by atoms with Gasteiger partial charge in [0.05, 0.1) is 0 Å². The zero-order chi connectivity index (χ0) is 9.59. The van der Waals surface area contributed by atoms with E-state index in [9.17, 15) is 9.59 Å². The summed E-state index contributed by atoms with van der Waals surface area (Å²) in [6.45, 7) is 3.44. The monoisotopic (exact) mass is 178 g/mol. The van der Waals surface area contributed by atoms with Crippen LogP contribution in [0.1, 0.15) is 33.1 Å². The van der Waals surface area contributed by atoms with Gasteiger partial charge in [0.1, 0.15) is 0 Å². The molecule has 1 fully saturated rings. The van der Waals surface area contributed by atoms with Crippen LogP contribution in [-0.2, 0) is 9.59 Å². The Kier molecular flexibility index (Phi) is 1.86. The highest BCUT2D eigenvalue weighted by Crippen LogP contribution is 2.55. The van der Waals surface area contributed by atoms with Crippen molar-refractivity contribution >= 4 is 11.6 Å². The summed E-state index contributed by atoms with van der Waals surface area (Å²) in [7, 11) is 0. The molecule has 2 atom stereocenters. The summed E-state index contributed by atoms with van der Waals surface area (Å²) in [5.74, 6) is 1.37. The van der Waals surface area contributed by atoms with Crippen molar-refractivity contribution in [2.75, 3.05) is 0 Å². The van der Waals surface area contributed by atoms with Gasteiger partial charge in [-0.3, -0.25) is 9.59 Å². The topological polar surface area (TPSA) is 34.1 Å². The molecule has 0 aromatic carbocycles. The van der Waals surface area contributed by atoms with Gasteiger partial charge in [-0.1, -0.05) is 6.92 Å². The van der Waals surface area contributed by atoms with Crippen LogP contribution in [0.3, 0.4) is 0 Å². The molecule has 0 aromatic heterocycles. The van der Waals surface area contributed by atoms with E-state index in [2.05, 4.69) is 0 Å². The van der Waals surface area contributed by atoms with Gasteiger partial charge in [0.25, 0.3) is 0 Å². The van der Waals surface area contributed by atoms with Gasteiger partial charge < -0.3 is 0 Å². The van der Waals surface area contributed by atoms with Crippen molar-refractivity contribution in [1.29, 1.82) is 0 Å². The Morgan fingerprint density at radius 1 is 1.46 bits per heavy atom. The molecule has 0 bridgehead atoms. The lowest BCUT2D eigenvalue weighted by molar-refractivity contribution is -0.117. The van der Waals surface area contributed by atoms with Gasteiger partial charge in [-0.05, 0) is 31.6 Å². The molecule has 2 rings (SSSR count). The van der Waals surface area contributed by atoms with Crippen LogP contribution in [0.5, 0.6) is 0 Å². The van der Waals surface area contributed by atoms with Gasteiger partial charge in [-0.15, -0.1) is 0 Å².